The summed E-state index contributed by atoms with van der Waals surface area (Å²) in [6.45, 7) is 1.59. The van der Waals surface area contributed by atoms with Crippen LogP contribution in [0.5, 0.6) is 5.75 Å². The molecule has 2 aliphatic heterocycles. The first kappa shape index (κ1) is 25.7. The number of nitrogens with one attached hydrogen (secondary N) is 1. The first-order valence-corrected chi connectivity index (χ1v) is 11.8. The van der Waals surface area contributed by atoms with Crippen molar-refractivity contribution in [1.82, 2.24) is 9.97 Å². The van der Waals surface area contributed by atoms with Crippen LogP contribution in [0.3, 0.4) is 0 Å². The number of carbonyl (C=O) groups is 2. The van der Waals surface area contributed by atoms with Crippen molar-refractivity contribution in [2.45, 2.75) is 50.7 Å². The Morgan fingerprint density at radius 3 is 2.89 bits per heavy atom. The Kier molecular flexibility index (Phi) is 7.65. The third-order valence-electron chi connectivity index (χ3n) is 6.10. The highest BCUT2D eigenvalue weighted by Crippen LogP contribution is 2.38. The summed E-state index contributed by atoms with van der Waals surface area (Å²) in [5, 5.41) is 21.1. The van der Waals surface area contributed by atoms with Crippen molar-refractivity contribution in [3.8, 4) is 5.75 Å². The maximum Gasteiger partial charge on any atom is 0.329 e. The molecule has 2 aromatic rings. The monoisotopic (exact) mass is 505 g/mol. The van der Waals surface area contributed by atoms with Crippen LogP contribution in [-0.4, -0.2) is 76.4 Å². The van der Waals surface area contributed by atoms with Crippen LogP contribution in [0.25, 0.3) is 0 Å². The van der Waals surface area contributed by atoms with Gasteiger partial charge in [0.25, 0.3) is 0 Å². The Balaban J connectivity index is 1.56. The zero-order valence-corrected chi connectivity index (χ0v) is 19.9. The fourth-order valence-electron chi connectivity index (χ4n) is 4.28. The van der Waals surface area contributed by atoms with Gasteiger partial charge in [0.2, 0.25) is 5.92 Å². The maximum absolute atomic E-state index is 13.4. The molecule has 2 atom stereocenters. The molecule has 12 heteroatoms. The molecule has 0 radical (unpaired) electrons. The molecule has 0 aromatic carbocycles. The van der Waals surface area contributed by atoms with Gasteiger partial charge in [0.05, 0.1) is 18.3 Å². The van der Waals surface area contributed by atoms with Gasteiger partial charge in [-0.25, -0.2) is 23.5 Å². The van der Waals surface area contributed by atoms with Gasteiger partial charge >= 0.3 is 6.03 Å². The molecule has 2 aromatic heterocycles. The number of hydrogen-bond donors (Lipinski definition) is 3. The topological polar surface area (TPSA) is 128 Å². The Bertz CT molecular complexity index is 1110. The predicted octanol–water partition coefficient (Wildman–Crippen LogP) is 2.85. The normalized spacial score (nSPS) is 17.9. The first-order chi connectivity index (χ1) is 17.1. The molecule has 1 saturated heterocycles. The number of urea groups is 1. The molecule has 2 bridgehead atoms. The molecule has 3 N–H and O–H groups in total. The zero-order valence-electron chi connectivity index (χ0n) is 19.9. The van der Waals surface area contributed by atoms with Gasteiger partial charge in [-0.3, -0.25) is 15.0 Å². The van der Waals surface area contributed by atoms with E-state index in [1.54, 1.807) is 12.1 Å². The number of ketones is 1. The average Bonchev–Trinajstić information content (AvgIpc) is 2.85. The summed E-state index contributed by atoms with van der Waals surface area (Å²) in [5.74, 6) is -2.62. The number of piperidine rings is 1. The highest BCUT2D eigenvalue weighted by atomic mass is 19.3. The molecule has 0 unspecified atom stereocenters. The zero-order chi connectivity index (χ0) is 25.9. The van der Waals surface area contributed by atoms with Crippen molar-refractivity contribution in [2.75, 3.05) is 41.4 Å². The number of halogens is 2. The molecule has 4 rings (SSSR count). The number of aliphatic hydroxyl groups is 2. The molecular formula is C24H29F2N5O5. The molecule has 0 saturated carbocycles. The van der Waals surface area contributed by atoms with Gasteiger partial charge in [0.15, 0.2) is 11.6 Å². The number of nitrogens with zero attached hydrogens (tertiary/aromatic N) is 4. The first-order valence-electron chi connectivity index (χ1n) is 11.8. The number of pyridine rings is 2. The van der Waals surface area contributed by atoms with Crippen molar-refractivity contribution >= 4 is 29.1 Å². The van der Waals surface area contributed by atoms with E-state index in [0.717, 1.165) is 26.3 Å². The van der Waals surface area contributed by atoms with Crippen LogP contribution in [0.2, 0.25) is 0 Å². The van der Waals surface area contributed by atoms with Gasteiger partial charge in [-0.1, -0.05) is 0 Å². The van der Waals surface area contributed by atoms with Crippen LogP contribution < -0.4 is 19.9 Å². The Morgan fingerprint density at radius 1 is 1.33 bits per heavy atom. The van der Waals surface area contributed by atoms with Crippen LogP contribution >= 0.6 is 0 Å². The summed E-state index contributed by atoms with van der Waals surface area (Å²) < 4.78 is 31.9. The summed E-state index contributed by atoms with van der Waals surface area (Å²) in [6, 6.07) is 5.57. The van der Waals surface area contributed by atoms with E-state index in [-0.39, 0.29) is 30.6 Å². The van der Waals surface area contributed by atoms with Crippen molar-refractivity contribution in [3.63, 3.8) is 0 Å². The Labute approximate surface area is 206 Å². The molecule has 10 nitrogen and oxygen atoms in total. The highest BCUT2D eigenvalue weighted by Gasteiger charge is 2.39. The fraction of sp³-hybridized carbons (Fsp3) is 0.500. The quantitative estimate of drug-likeness (QED) is 0.444. The predicted molar refractivity (Wildman–Crippen MR) is 128 cm³/mol. The van der Waals surface area contributed by atoms with Crippen molar-refractivity contribution in [3.05, 3.63) is 36.2 Å². The summed E-state index contributed by atoms with van der Waals surface area (Å²) in [6.07, 6.45) is 1.07. The number of rotatable bonds is 9. The maximum atomic E-state index is 13.4. The molecule has 1 fully saturated rings. The summed E-state index contributed by atoms with van der Waals surface area (Å²) in [5.41, 5.74) is 0.731. The lowest BCUT2D eigenvalue weighted by molar-refractivity contribution is 0.0112. The van der Waals surface area contributed by atoms with E-state index in [4.69, 9.17) is 9.84 Å². The molecule has 36 heavy (non-hydrogen) atoms. The van der Waals surface area contributed by atoms with Crippen LogP contribution in [-0.2, 0) is 0 Å². The second kappa shape index (κ2) is 10.7. The third kappa shape index (κ3) is 6.05. The van der Waals surface area contributed by atoms with Gasteiger partial charge in [-0.15, -0.1) is 0 Å². The number of anilines is 3. The van der Waals surface area contributed by atoms with Gasteiger partial charge in [0, 0.05) is 38.2 Å². The van der Waals surface area contributed by atoms with Gasteiger partial charge < -0.3 is 19.8 Å². The van der Waals surface area contributed by atoms with Gasteiger partial charge in [-0.05, 0) is 38.0 Å². The number of Topliss-reactive ketones (excluding diaryl/α,β-unsaturated/α-hetero) is 1. The molecular weight excluding hydrogens is 476 g/mol. The number of amides is 2. The third-order valence-corrected chi connectivity index (χ3v) is 6.10. The van der Waals surface area contributed by atoms with E-state index in [9.17, 15) is 23.5 Å². The van der Waals surface area contributed by atoms with Crippen LogP contribution in [0.4, 0.5) is 30.9 Å². The van der Waals surface area contributed by atoms with E-state index in [1.165, 1.54) is 23.2 Å². The van der Waals surface area contributed by atoms with E-state index < -0.39 is 36.9 Å². The molecule has 194 valence electrons. The minimum Gasteiger partial charge on any atom is -0.491 e. The fourth-order valence-corrected chi connectivity index (χ4v) is 4.28. The highest BCUT2D eigenvalue weighted by molar-refractivity contribution is 6.05. The number of fused-ring (bicyclic) bond motifs is 4. The minimum absolute atomic E-state index is 0.0351. The van der Waals surface area contributed by atoms with E-state index in [2.05, 4.69) is 20.2 Å². The molecule has 0 aliphatic carbocycles. The SMILES string of the molecule is CC(F)(F)CCC(=O)c1ccc2c(n1)N(C(=O)Nc1cc(OC[C@H](O)CO)ccn1)[C@H]1CCCN2C1. The molecule has 2 amide bonds. The smallest absolute Gasteiger partial charge is 0.329 e. The number of aliphatic hydroxyl groups excluding tert-OH is 2. The summed E-state index contributed by atoms with van der Waals surface area (Å²) >= 11 is 0. The lowest BCUT2D eigenvalue weighted by Crippen LogP contribution is -2.56. The Morgan fingerprint density at radius 2 is 2.14 bits per heavy atom. The van der Waals surface area contributed by atoms with E-state index in [0.29, 0.717) is 23.8 Å². The van der Waals surface area contributed by atoms with Crippen molar-refractivity contribution in [1.29, 1.82) is 0 Å². The lowest BCUT2D eigenvalue weighted by Gasteiger charge is -2.45. The number of alkyl halides is 2. The van der Waals surface area contributed by atoms with Crippen LogP contribution in [0.15, 0.2) is 30.5 Å². The van der Waals surface area contributed by atoms with Crippen molar-refractivity contribution < 1.29 is 33.3 Å². The summed E-state index contributed by atoms with van der Waals surface area (Å²) in [7, 11) is 0. The average molecular weight is 506 g/mol. The largest absolute Gasteiger partial charge is 0.491 e. The van der Waals surface area contributed by atoms with Crippen molar-refractivity contribution in [2.24, 2.45) is 0 Å². The number of carbonyl (C=O) groups excluding carboxylic acids is 2. The summed E-state index contributed by atoms with van der Waals surface area (Å²) in [4.78, 5) is 38.2. The molecule has 4 heterocycles. The van der Waals surface area contributed by atoms with E-state index in [1.807, 2.05) is 0 Å². The number of ether oxygens (including phenoxy) is 1. The van der Waals surface area contributed by atoms with Gasteiger partial charge in [-0.2, -0.15) is 0 Å². The lowest BCUT2D eigenvalue weighted by atomic mass is 9.99. The van der Waals surface area contributed by atoms with Gasteiger partial charge in [0.1, 0.15) is 30.0 Å². The standard InChI is InChI=1S/C24H29F2N5O5/c1-24(25,26)8-6-20(34)18-4-5-19-22(28-18)31(15-3-2-10-30(19)12-15)23(35)29-21-11-17(7-9-27-21)36-14-16(33)13-32/h4-5,7,9,11,15-16,32-33H,2-3,6,8,10,12-14H2,1H3,(H,27,29,35)/t15-,16+/m0/s1. The second-order valence-electron chi connectivity index (χ2n) is 9.10. The second-order valence-corrected chi connectivity index (χ2v) is 9.10. The number of aromatic nitrogens is 2. The molecule has 0 spiro atoms. The van der Waals surface area contributed by atoms with Crippen LogP contribution in [0.1, 0.15) is 43.1 Å². The van der Waals surface area contributed by atoms with E-state index >= 15 is 0 Å². The Hall–Kier alpha value is -3.38. The minimum atomic E-state index is -2.96. The van der Waals surface area contributed by atoms with Crippen LogP contribution in [0, 0.1) is 0 Å². The number of hydrogen-bond acceptors (Lipinski definition) is 8. The molecule has 2 aliphatic rings.